The predicted octanol–water partition coefficient (Wildman–Crippen LogP) is 3.25. The van der Waals surface area contributed by atoms with E-state index in [0.29, 0.717) is 22.1 Å². The lowest BCUT2D eigenvalue weighted by molar-refractivity contribution is -0.142. The van der Waals surface area contributed by atoms with E-state index in [9.17, 15) is 19.5 Å². The van der Waals surface area contributed by atoms with E-state index in [2.05, 4.69) is 0 Å². The Morgan fingerprint density at radius 3 is 2.32 bits per heavy atom. The Morgan fingerprint density at radius 2 is 1.74 bits per heavy atom. The Balaban J connectivity index is 2.24. The number of aliphatic hydroxyl groups excluding tert-OH is 1. The number of hydrogen-bond donors (Lipinski definition) is 2. The van der Waals surface area contributed by atoms with Gasteiger partial charge >= 0.3 is 5.97 Å². The number of carbonyl (C=O) groups excluding carboxylic acids is 2. The van der Waals surface area contributed by atoms with E-state index in [-0.39, 0.29) is 24.1 Å². The van der Waals surface area contributed by atoms with Gasteiger partial charge in [-0.15, -0.1) is 0 Å². The molecular formula is C22H20ClNO7. The minimum Gasteiger partial charge on any atom is -0.507 e. The largest absolute Gasteiger partial charge is 0.507 e. The number of benzene rings is 2. The first-order chi connectivity index (χ1) is 14.8. The smallest absolute Gasteiger partial charge is 0.305 e. The Bertz CT molecular complexity index is 1060. The number of amides is 1. The van der Waals surface area contributed by atoms with Gasteiger partial charge in [0.05, 0.1) is 32.3 Å². The van der Waals surface area contributed by atoms with E-state index in [1.165, 1.54) is 38.5 Å². The highest BCUT2D eigenvalue weighted by atomic mass is 35.5. The van der Waals surface area contributed by atoms with Gasteiger partial charge in [0.15, 0.2) is 0 Å². The normalized spacial score (nSPS) is 17.6. The molecule has 162 valence electrons. The van der Waals surface area contributed by atoms with Crippen molar-refractivity contribution in [3.63, 3.8) is 0 Å². The monoisotopic (exact) mass is 445 g/mol. The molecule has 2 aromatic rings. The van der Waals surface area contributed by atoms with Gasteiger partial charge in [-0.2, -0.15) is 0 Å². The van der Waals surface area contributed by atoms with Crippen molar-refractivity contribution in [3.8, 4) is 11.5 Å². The van der Waals surface area contributed by atoms with Crippen molar-refractivity contribution >= 4 is 35.0 Å². The first-order valence-electron chi connectivity index (χ1n) is 9.26. The maximum atomic E-state index is 12.9. The summed E-state index contributed by atoms with van der Waals surface area (Å²) in [5.41, 5.74) is 0.485. The lowest BCUT2D eigenvalue weighted by Crippen LogP contribution is -2.32. The summed E-state index contributed by atoms with van der Waals surface area (Å²) in [6.07, 6.45) is -0.378. The molecule has 1 unspecified atom stereocenters. The number of ketones is 1. The lowest BCUT2D eigenvalue weighted by Gasteiger charge is -2.26. The number of aliphatic hydroxyl groups is 1. The molecule has 0 aliphatic carbocycles. The van der Waals surface area contributed by atoms with Crippen LogP contribution in [0, 0.1) is 0 Å². The van der Waals surface area contributed by atoms with Crippen molar-refractivity contribution in [3.05, 3.63) is 64.2 Å². The van der Waals surface area contributed by atoms with Crippen molar-refractivity contribution in [1.82, 2.24) is 4.90 Å². The summed E-state index contributed by atoms with van der Waals surface area (Å²) in [6, 6.07) is 9.87. The summed E-state index contributed by atoms with van der Waals surface area (Å²) in [4.78, 5) is 38.0. The number of methoxy groups -OCH3 is 2. The topological polar surface area (TPSA) is 113 Å². The summed E-state index contributed by atoms with van der Waals surface area (Å²) < 4.78 is 10.7. The van der Waals surface area contributed by atoms with Crippen LogP contribution in [0.25, 0.3) is 5.76 Å². The molecule has 1 amide bonds. The van der Waals surface area contributed by atoms with Gasteiger partial charge in [0.25, 0.3) is 11.7 Å². The van der Waals surface area contributed by atoms with E-state index in [0.717, 1.165) is 4.90 Å². The van der Waals surface area contributed by atoms with Crippen molar-refractivity contribution in [2.45, 2.75) is 12.5 Å². The number of hydrogen-bond acceptors (Lipinski definition) is 6. The molecule has 9 heteroatoms. The number of nitrogens with zero attached hydrogens (tertiary/aromatic N) is 1. The molecule has 31 heavy (non-hydrogen) atoms. The number of Topliss-reactive ketones (excluding diaryl/α,β-unsaturated/α-hetero) is 1. The molecule has 1 aliphatic heterocycles. The highest BCUT2D eigenvalue weighted by molar-refractivity contribution is 6.46. The number of rotatable bonds is 7. The van der Waals surface area contributed by atoms with E-state index < -0.39 is 29.5 Å². The van der Waals surface area contributed by atoms with Gasteiger partial charge in [-0.1, -0.05) is 11.6 Å². The van der Waals surface area contributed by atoms with Crippen LogP contribution >= 0.6 is 11.6 Å². The predicted molar refractivity (Wildman–Crippen MR) is 112 cm³/mol. The minimum atomic E-state index is -1.13. The number of carbonyl (C=O) groups is 3. The van der Waals surface area contributed by atoms with E-state index in [4.69, 9.17) is 26.2 Å². The Morgan fingerprint density at radius 1 is 1.06 bits per heavy atom. The second kappa shape index (κ2) is 9.09. The fraction of sp³-hybridized carbons (Fsp3) is 0.227. The van der Waals surface area contributed by atoms with Crippen LogP contribution in [0.2, 0.25) is 5.02 Å². The van der Waals surface area contributed by atoms with Gasteiger partial charge in [0.2, 0.25) is 0 Å². The van der Waals surface area contributed by atoms with Crippen molar-refractivity contribution in [1.29, 1.82) is 0 Å². The number of carboxylic acids is 1. The van der Waals surface area contributed by atoms with Crippen molar-refractivity contribution in [2.24, 2.45) is 0 Å². The molecule has 1 heterocycles. The molecule has 1 aliphatic rings. The fourth-order valence-corrected chi connectivity index (χ4v) is 3.59. The second-order valence-corrected chi connectivity index (χ2v) is 7.19. The zero-order valence-electron chi connectivity index (χ0n) is 16.8. The third-order valence-corrected chi connectivity index (χ3v) is 5.21. The summed E-state index contributed by atoms with van der Waals surface area (Å²) in [5, 5.41) is 20.5. The second-order valence-electron chi connectivity index (χ2n) is 6.75. The molecule has 2 aromatic carbocycles. The van der Waals surface area contributed by atoms with Gasteiger partial charge < -0.3 is 24.6 Å². The fourth-order valence-electron chi connectivity index (χ4n) is 3.47. The van der Waals surface area contributed by atoms with Crippen LogP contribution in [0.5, 0.6) is 11.5 Å². The maximum absolute atomic E-state index is 12.9. The molecule has 0 aromatic heterocycles. The molecule has 0 saturated carbocycles. The molecule has 0 bridgehead atoms. The van der Waals surface area contributed by atoms with E-state index >= 15 is 0 Å². The van der Waals surface area contributed by atoms with Gasteiger partial charge in [-0.3, -0.25) is 14.4 Å². The number of halogens is 1. The highest BCUT2D eigenvalue weighted by Gasteiger charge is 2.47. The van der Waals surface area contributed by atoms with Crippen LogP contribution in [-0.4, -0.2) is 53.5 Å². The van der Waals surface area contributed by atoms with Crippen LogP contribution in [-0.2, 0) is 14.4 Å². The van der Waals surface area contributed by atoms with Crippen LogP contribution < -0.4 is 9.47 Å². The zero-order valence-corrected chi connectivity index (χ0v) is 17.5. The van der Waals surface area contributed by atoms with E-state index in [1.54, 1.807) is 18.2 Å². The minimum absolute atomic E-state index is 0.177. The molecule has 1 saturated heterocycles. The van der Waals surface area contributed by atoms with Crippen molar-refractivity contribution < 1.29 is 34.1 Å². The van der Waals surface area contributed by atoms with Crippen LogP contribution in [0.15, 0.2) is 48.0 Å². The Labute approximate surface area is 183 Å². The average Bonchev–Trinajstić information content (AvgIpc) is 3.01. The van der Waals surface area contributed by atoms with Crippen LogP contribution in [0.3, 0.4) is 0 Å². The highest BCUT2D eigenvalue weighted by Crippen LogP contribution is 2.43. The molecule has 0 spiro atoms. The number of aliphatic carboxylic acids is 1. The Kier molecular flexibility index (Phi) is 6.50. The first kappa shape index (κ1) is 22.2. The third kappa shape index (κ3) is 4.34. The standard InChI is InChI=1S/C22H20ClNO7/c1-30-14-7-8-16(31-2)15(11-14)19-18(20(27)12-3-5-13(23)6-4-12)21(28)22(29)24(19)10-9-17(25)26/h3-8,11,19,27H,9-10H2,1-2H3,(H,25,26)/b20-18+. The van der Waals surface area contributed by atoms with Gasteiger partial charge in [0.1, 0.15) is 17.3 Å². The molecule has 0 radical (unpaired) electrons. The average molecular weight is 446 g/mol. The molecule has 1 fully saturated rings. The number of ether oxygens (including phenoxy) is 2. The van der Waals surface area contributed by atoms with Crippen LogP contribution in [0.1, 0.15) is 23.6 Å². The molecule has 2 N–H and O–H groups in total. The maximum Gasteiger partial charge on any atom is 0.305 e. The van der Waals surface area contributed by atoms with Crippen molar-refractivity contribution in [2.75, 3.05) is 20.8 Å². The van der Waals surface area contributed by atoms with Gasteiger partial charge in [0, 0.05) is 22.7 Å². The quantitative estimate of drug-likeness (QED) is 0.382. The zero-order chi connectivity index (χ0) is 22.7. The molecule has 8 nitrogen and oxygen atoms in total. The summed E-state index contributed by atoms with van der Waals surface area (Å²) >= 11 is 5.91. The lowest BCUT2D eigenvalue weighted by atomic mass is 9.94. The summed E-state index contributed by atoms with van der Waals surface area (Å²) in [6.45, 7) is -0.234. The first-order valence-corrected chi connectivity index (χ1v) is 9.64. The van der Waals surface area contributed by atoms with Gasteiger partial charge in [-0.05, 0) is 42.5 Å². The van der Waals surface area contributed by atoms with Crippen LogP contribution in [0.4, 0.5) is 0 Å². The number of likely N-dealkylation sites (tertiary alicyclic amines) is 1. The molecule has 1 atom stereocenters. The SMILES string of the molecule is COc1ccc(OC)c(C2/C(=C(\O)c3ccc(Cl)cc3)C(=O)C(=O)N2CCC(=O)O)c1. The van der Waals surface area contributed by atoms with E-state index in [1.807, 2.05) is 0 Å². The third-order valence-electron chi connectivity index (χ3n) is 4.96. The summed E-state index contributed by atoms with van der Waals surface area (Å²) in [7, 11) is 2.88. The molecule has 3 rings (SSSR count). The Hall–Kier alpha value is -3.52. The summed E-state index contributed by atoms with van der Waals surface area (Å²) in [5.74, 6) is -2.58. The number of carboxylic acid groups (broad SMARTS) is 1. The van der Waals surface area contributed by atoms with Gasteiger partial charge in [-0.25, -0.2) is 0 Å². The molecular weight excluding hydrogens is 426 g/mol.